The van der Waals surface area contributed by atoms with E-state index in [-0.39, 0.29) is 18.4 Å². The Kier molecular flexibility index (Phi) is 9.54. The fourth-order valence-corrected chi connectivity index (χ4v) is 10.6. The molecule has 0 amide bonds. The van der Waals surface area contributed by atoms with Gasteiger partial charge in [0.1, 0.15) is 18.2 Å². The van der Waals surface area contributed by atoms with E-state index in [0.29, 0.717) is 5.92 Å². The maximum atomic E-state index is 5.38. The average Bonchev–Trinajstić information content (AvgIpc) is 3.57. The molecule has 4 atom stereocenters. The highest BCUT2D eigenvalue weighted by molar-refractivity contribution is 6.01. The summed E-state index contributed by atoms with van der Waals surface area (Å²) in [6.45, 7) is 3.30. The van der Waals surface area contributed by atoms with Crippen LogP contribution in [-0.4, -0.2) is 46.2 Å². The van der Waals surface area contributed by atoms with E-state index in [1.807, 2.05) is 0 Å². The van der Waals surface area contributed by atoms with Crippen molar-refractivity contribution in [3.8, 4) is 22.4 Å². The first-order chi connectivity index (χ1) is 30.4. The van der Waals surface area contributed by atoms with Crippen molar-refractivity contribution in [1.29, 1.82) is 0 Å². The van der Waals surface area contributed by atoms with Gasteiger partial charge in [-0.1, -0.05) is 146 Å². The number of anilines is 2. The normalized spacial score (nSPS) is 21.6. The first kappa shape index (κ1) is 38.1. The Bertz CT molecular complexity index is 2870. The van der Waals surface area contributed by atoms with Gasteiger partial charge in [-0.15, -0.1) is 0 Å². The van der Waals surface area contributed by atoms with Crippen LogP contribution in [0.25, 0.3) is 34.0 Å². The van der Waals surface area contributed by atoms with Gasteiger partial charge in [0.2, 0.25) is 0 Å². The quantitative estimate of drug-likeness (QED) is 0.168. The van der Waals surface area contributed by atoms with Gasteiger partial charge >= 0.3 is 0 Å². The molecule has 0 radical (unpaired) electrons. The molecule has 5 aliphatic rings. The van der Waals surface area contributed by atoms with Gasteiger partial charge in [0.25, 0.3) is 0 Å². The summed E-state index contributed by atoms with van der Waals surface area (Å²) in [6, 6.07) is 48.9. The lowest BCUT2D eigenvalue weighted by molar-refractivity contribution is 0.0745. The number of amidine groups is 1. The molecule has 0 saturated carbocycles. The second-order valence-electron chi connectivity index (χ2n) is 17.4. The molecule has 1 aromatic heterocycles. The van der Waals surface area contributed by atoms with Crippen LogP contribution < -0.4 is 4.90 Å². The molecule has 2 aliphatic carbocycles. The third-order valence-corrected chi connectivity index (χ3v) is 13.4. The Morgan fingerprint density at radius 1 is 0.661 bits per heavy atom. The Morgan fingerprint density at radius 2 is 1.39 bits per heavy atom. The minimum absolute atomic E-state index is 0.0474. The van der Waals surface area contributed by atoms with Gasteiger partial charge in [0, 0.05) is 47.7 Å². The third kappa shape index (κ3) is 6.32. The molecule has 11 rings (SSSR count). The molecule has 3 unspecified atom stereocenters. The summed E-state index contributed by atoms with van der Waals surface area (Å²) in [5.74, 6) is 1.33. The molecule has 6 heteroatoms. The van der Waals surface area contributed by atoms with Gasteiger partial charge in [-0.05, 0) is 96.3 Å². The lowest BCUT2D eigenvalue weighted by Crippen LogP contribution is -2.47. The lowest BCUT2D eigenvalue weighted by Gasteiger charge is -2.45. The van der Waals surface area contributed by atoms with Crippen molar-refractivity contribution in [3.05, 3.63) is 215 Å². The fraction of sp³-hybridized carbons (Fsp3) is 0.196. The summed E-state index contributed by atoms with van der Waals surface area (Å²) in [5.41, 5.74) is 17.7. The number of allylic oxidation sites excluding steroid dienone is 7. The summed E-state index contributed by atoms with van der Waals surface area (Å²) in [4.78, 5) is 15.0. The SMILES string of the molecule is CC1CC=CC2=C1c1c3c(n([C@H]4C=CC=CC4)c1-c1ccccc1N2c1cccc(-c2cccc(C4N(C)C(c5ccccc5)=NC(c5ccccc5)N4C)c2)c1)CN(C)C=C3. The number of rotatable bonds is 6. The third-order valence-electron chi connectivity index (χ3n) is 13.4. The highest BCUT2D eigenvalue weighted by Crippen LogP contribution is 2.54. The molecule has 0 saturated heterocycles. The number of hydrogen-bond donors (Lipinski definition) is 0. The molecule has 0 spiro atoms. The molecule has 6 aromatic rings. The van der Waals surface area contributed by atoms with Crippen LogP contribution in [0.15, 0.2) is 187 Å². The van der Waals surface area contributed by atoms with E-state index in [1.165, 1.54) is 67.3 Å². The monoisotopic (exact) mass is 808 g/mol. The van der Waals surface area contributed by atoms with Gasteiger partial charge in [-0.3, -0.25) is 4.90 Å². The van der Waals surface area contributed by atoms with Crippen molar-refractivity contribution in [2.24, 2.45) is 10.9 Å². The predicted octanol–water partition coefficient (Wildman–Crippen LogP) is 12.8. The van der Waals surface area contributed by atoms with Crippen molar-refractivity contribution in [3.63, 3.8) is 0 Å². The summed E-state index contributed by atoms with van der Waals surface area (Å²) in [5, 5.41) is 0. The topological polar surface area (TPSA) is 30.2 Å². The summed E-state index contributed by atoms with van der Waals surface area (Å²) < 4.78 is 2.68. The zero-order valence-corrected chi connectivity index (χ0v) is 35.9. The predicted molar refractivity (Wildman–Crippen MR) is 257 cm³/mol. The van der Waals surface area contributed by atoms with Crippen molar-refractivity contribution in [2.45, 2.75) is 44.7 Å². The molecular weight excluding hydrogens is 757 g/mol. The van der Waals surface area contributed by atoms with E-state index in [0.717, 1.165) is 36.5 Å². The van der Waals surface area contributed by atoms with E-state index in [1.54, 1.807) is 0 Å². The number of hydrogen-bond acceptors (Lipinski definition) is 5. The number of nitrogens with zero attached hydrogens (tertiary/aromatic N) is 6. The Morgan fingerprint density at radius 3 is 2.19 bits per heavy atom. The van der Waals surface area contributed by atoms with E-state index in [2.05, 4.69) is 234 Å². The van der Waals surface area contributed by atoms with Gasteiger partial charge in [-0.25, -0.2) is 4.99 Å². The number of aliphatic imine (C=N–C) groups is 1. The van der Waals surface area contributed by atoms with Crippen LogP contribution >= 0.6 is 0 Å². The molecule has 4 heterocycles. The smallest absolute Gasteiger partial charge is 0.134 e. The summed E-state index contributed by atoms with van der Waals surface area (Å²) >= 11 is 0. The number of fused-ring (bicyclic) bond motifs is 6. The highest BCUT2D eigenvalue weighted by atomic mass is 15.4. The van der Waals surface area contributed by atoms with Crippen LogP contribution in [0.4, 0.5) is 11.4 Å². The minimum atomic E-state index is -0.135. The van der Waals surface area contributed by atoms with Crippen LogP contribution in [-0.2, 0) is 6.54 Å². The van der Waals surface area contributed by atoms with Gasteiger partial charge in [0.15, 0.2) is 0 Å². The zero-order chi connectivity index (χ0) is 41.9. The van der Waals surface area contributed by atoms with Crippen molar-refractivity contribution in [2.75, 3.05) is 26.0 Å². The summed E-state index contributed by atoms with van der Waals surface area (Å²) in [7, 11) is 6.57. The van der Waals surface area contributed by atoms with Gasteiger partial charge in [-0.2, -0.15) is 0 Å². The largest absolute Gasteiger partial charge is 0.375 e. The van der Waals surface area contributed by atoms with E-state index in [9.17, 15) is 0 Å². The maximum Gasteiger partial charge on any atom is 0.134 e. The van der Waals surface area contributed by atoms with Crippen molar-refractivity contribution in [1.82, 2.24) is 19.3 Å². The van der Waals surface area contributed by atoms with Crippen LogP contribution in [0.3, 0.4) is 0 Å². The van der Waals surface area contributed by atoms with Crippen molar-refractivity contribution >= 4 is 28.9 Å². The Hall–Kier alpha value is -6.89. The second-order valence-corrected chi connectivity index (χ2v) is 17.4. The lowest BCUT2D eigenvalue weighted by atomic mass is 9.83. The van der Waals surface area contributed by atoms with Crippen LogP contribution in [0.5, 0.6) is 0 Å². The molecule has 0 N–H and O–H groups in total. The molecular formula is C56H52N6. The number of benzene rings is 5. The fourth-order valence-electron chi connectivity index (χ4n) is 10.6. The number of para-hydroxylation sites is 1. The Balaban J connectivity index is 1.04. The number of aromatic nitrogens is 1. The van der Waals surface area contributed by atoms with Crippen LogP contribution in [0, 0.1) is 5.92 Å². The zero-order valence-electron chi connectivity index (χ0n) is 35.9. The van der Waals surface area contributed by atoms with Gasteiger partial charge < -0.3 is 19.3 Å². The molecule has 62 heavy (non-hydrogen) atoms. The maximum absolute atomic E-state index is 5.38. The van der Waals surface area contributed by atoms with Crippen LogP contribution in [0.2, 0.25) is 0 Å². The standard InChI is InChI=1S/C56H52N6/c1-38-19-16-32-49-51(38)52-46-33-34-58(2)37-50(46)62(44-27-12-7-13-28-44)53(52)47-30-14-15-31-48(47)61(49)45-29-18-25-42(36-45)41-24-17-26-43(35-41)56-59(3)54(39-20-8-5-9-21-39)57-55(60(56)4)40-22-10-6-11-23-40/h5-18,20-27,29-36,38,44,54,56H,19,28,37H2,1-4H3/t38?,44-,54?,56?/m0/s1. The van der Waals surface area contributed by atoms with Crippen molar-refractivity contribution < 1.29 is 0 Å². The van der Waals surface area contributed by atoms with E-state index >= 15 is 0 Å². The van der Waals surface area contributed by atoms with E-state index in [4.69, 9.17) is 4.99 Å². The molecule has 306 valence electrons. The molecule has 6 nitrogen and oxygen atoms in total. The van der Waals surface area contributed by atoms with Gasteiger partial charge in [0.05, 0.1) is 29.7 Å². The van der Waals surface area contributed by atoms with E-state index < -0.39 is 0 Å². The Labute approximate surface area is 366 Å². The molecule has 3 aliphatic heterocycles. The average molecular weight is 809 g/mol. The first-order valence-corrected chi connectivity index (χ1v) is 22.1. The van der Waals surface area contributed by atoms with Crippen LogP contribution in [0.1, 0.15) is 71.6 Å². The summed E-state index contributed by atoms with van der Waals surface area (Å²) in [6.07, 6.45) is 20.3. The first-order valence-electron chi connectivity index (χ1n) is 22.1. The molecule has 5 aromatic carbocycles. The second kappa shape index (κ2) is 15.5. The molecule has 0 fully saturated rings. The highest BCUT2D eigenvalue weighted by Gasteiger charge is 2.39. The minimum Gasteiger partial charge on any atom is -0.375 e. The molecule has 0 bridgehead atoms.